The molecule has 0 N–H and O–H groups in total. The largest absolute Gasteiger partial charge is 0.369 e. The fourth-order valence-corrected chi connectivity index (χ4v) is 5.12. The van der Waals surface area contributed by atoms with Gasteiger partial charge in [-0.2, -0.15) is 9.78 Å². The van der Waals surface area contributed by atoms with Crippen LogP contribution < -0.4 is 15.4 Å². The monoisotopic (exact) mass is 506 g/mol. The second kappa shape index (κ2) is 11.1. The van der Waals surface area contributed by atoms with Gasteiger partial charge in [0.15, 0.2) is 0 Å². The lowest BCUT2D eigenvalue weighted by atomic mass is 10.2. The van der Waals surface area contributed by atoms with Crippen LogP contribution in [-0.2, 0) is 4.79 Å². The molecule has 1 amide bonds. The van der Waals surface area contributed by atoms with Gasteiger partial charge in [0.1, 0.15) is 5.02 Å². The van der Waals surface area contributed by atoms with E-state index in [2.05, 4.69) is 39.2 Å². The van der Waals surface area contributed by atoms with Gasteiger partial charge in [-0.3, -0.25) is 14.5 Å². The van der Waals surface area contributed by atoms with Crippen LogP contribution in [0.15, 0.2) is 71.7 Å². The molecule has 2 aliphatic rings. The van der Waals surface area contributed by atoms with Crippen molar-refractivity contribution in [3.05, 3.63) is 82.2 Å². The van der Waals surface area contributed by atoms with Crippen LogP contribution in [0.4, 0.5) is 11.4 Å². The first kappa shape index (κ1) is 24.3. The van der Waals surface area contributed by atoms with E-state index in [-0.39, 0.29) is 16.5 Å². The third kappa shape index (κ3) is 5.39. The summed E-state index contributed by atoms with van der Waals surface area (Å²) in [6, 6.07) is 19.7. The Bertz CT molecular complexity index is 1220. The van der Waals surface area contributed by atoms with Gasteiger partial charge in [-0.25, -0.2) is 0 Å². The molecule has 3 heterocycles. The number of anilines is 2. The van der Waals surface area contributed by atoms with E-state index in [4.69, 9.17) is 11.6 Å². The topological polar surface area (TPSA) is 64.9 Å². The maximum absolute atomic E-state index is 12.9. The van der Waals surface area contributed by atoms with E-state index in [1.807, 2.05) is 46.2 Å². The quantitative estimate of drug-likeness (QED) is 0.512. The predicted molar refractivity (Wildman–Crippen MR) is 143 cm³/mol. The van der Waals surface area contributed by atoms with Crippen LogP contribution in [0.3, 0.4) is 0 Å². The summed E-state index contributed by atoms with van der Waals surface area (Å²) in [4.78, 5) is 34.4. The number of piperazine rings is 2. The number of hydrogen-bond donors (Lipinski definition) is 0. The minimum atomic E-state index is -0.341. The Balaban J connectivity index is 1.10. The Kier molecular flexibility index (Phi) is 7.53. The standard InChI is InChI=1S/C27H31ClN6O2/c28-26-24(21-29-34(27(26)36)23-9-5-2-6-10-23)32-17-19-33(20-18-32)25(35)11-12-30-13-15-31(16-14-30)22-7-3-1-4-8-22/h1-10,21H,11-20H2. The Morgan fingerprint density at radius 3 is 2.00 bits per heavy atom. The molecule has 2 saturated heterocycles. The summed E-state index contributed by atoms with van der Waals surface area (Å²) in [5.41, 5.74) is 2.22. The third-order valence-corrected chi connectivity index (χ3v) is 7.37. The number of carbonyl (C=O) groups excluding carboxylic acids is 1. The van der Waals surface area contributed by atoms with Crippen LogP contribution in [-0.4, -0.2) is 84.4 Å². The number of para-hydroxylation sites is 2. The summed E-state index contributed by atoms with van der Waals surface area (Å²) in [6.07, 6.45) is 2.17. The number of hydrogen-bond acceptors (Lipinski definition) is 6. The fourth-order valence-electron chi connectivity index (χ4n) is 4.87. The summed E-state index contributed by atoms with van der Waals surface area (Å²) in [5, 5.41) is 4.49. The van der Waals surface area contributed by atoms with Crippen LogP contribution in [0.1, 0.15) is 6.42 Å². The molecule has 1 aromatic heterocycles. The van der Waals surface area contributed by atoms with Crippen molar-refractivity contribution in [1.82, 2.24) is 19.6 Å². The molecule has 9 heteroatoms. The summed E-state index contributed by atoms with van der Waals surface area (Å²) in [5.74, 6) is 0.184. The molecule has 2 fully saturated rings. The minimum Gasteiger partial charge on any atom is -0.369 e. The number of amides is 1. The van der Waals surface area contributed by atoms with Gasteiger partial charge in [0.2, 0.25) is 5.91 Å². The lowest BCUT2D eigenvalue weighted by Crippen LogP contribution is -2.50. The molecule has 0 unspecified atom stereocenters. The molecule has 36 heavy (non-hydrogen) atoms. The van der Waals surface area contributed by atoms with Gasteiger partial charge < -0.3 is 14.7 Å². The number of carbonyl (C=O) groups is 1. The van der Waals surface area contributed by atoms with Crippen molar-refractivity contribution >= 4 is 28.9 Å². The summed E-state index contributed by atoms with van der Waals surface area (Å²) in [6.45, 7) is 7.15. The van der Waals surface area contributed by atoms with Gasteiger partial charge in [0.05, 0.1) is 17.6 Å². The predicted octanol–water partition coefficient (Wildman–Crippen LogP) is 2.75. The van der Waals surface area contributed by atoms with Gasteiger partial charge >= 0.3 is 0 Å². The van der Waals surface area contributed by atoms with E-state index in [0.29, 0.717) is 44.0 Å². The summed E-state index contributed by atoms with van der Waals surface area (Å²) >= 11 is 6.46. The first-order chi connectivity index (χ1) is 17.6. The zero-order valence-corrected chi connectivity index (χ0v) is 21.1. The van der Waals surface area contributed by atoms with Crippen molar-refractivity contribution in [2.75, 3.05) is 68.7 Å². The van der Waals surface area contributed by atoms with Crippen LogP contribution in [0.5, 0.6) is 0 Å². The highest BCUT2D eigenvalue weighted by Gasteiger charge is 2.25. The molecule has 0 spiro atoms. The molecule has 0 aliphatic carbocycles. The van der Waals surface area contributed by atoms with Crippen LogP contribution in [0, 0.1) is 0 Å². The molecular formula is C27H31ClN6O2. The van der Waals surface area contributed by atoms with E-state index in [1.54, 1.807) is 6.20 Å². The van der Waals surface area contributed by atoms with Gasteiger partial charge in [-0.15, -0.1) is 0 Å². The van der Waals surface area contributed by atoms with Gasteiger partial charge in [0, 0.05) is 71.0 Å². The highest BCUT2D eigenvalue weighted by Crippen LogP contribution is 2.23. The highest BCUT2D eigenvalue weighted by molar-refractivity contribution is 6.33. The zero-order valence-electron chi connectivity index (χ0n) is 20.3. The highest BCUT2D eigenvalue weighted by atomic mass is 35.5. The SMILES string of the molecule is O=C(CCN1CCN(c2ccccc2)CC1)N1CCN(c2cnn(-c3ccccc3)c(=O)c2Cl)CC1. The molecule has 5 rings (SSSR count). The molecule has 2 aliphatic heterocycles. The van der Waals surface area contributed by atoms with Gasteiger partial charge in [0.25, 0.3) is 5.56 Å². The second-order valence-electron chi connectivity index (χ2n) is 9.18. The number of nitrogens with zero attached hydrogens (tertiary/aromatic N) is 6. The van der Waals surface area contributed by atoms with E-state index in [9.17, 15) is 9.59 Å². The maximum atomic E-state index is 12.9. The van der Waals surface area contributed by atoms with Gasteiger partial charge in [-0.05, 0) is 24.3 Å². The van der Waals surface area contributed by atoms with E-state index in [0.717, 1.165) is 32.7 Å². The molecule has 8 nitrogen and oxygen atoms in total. The molecular weight excluding hydrogens is 476 g/mol. The van der Waals surface area contributed by atoms with Crippen molar-refractivity contribution in [3.63, 3.8) is 0 Å². The molecule has 0 atom stereocenters. The van der Waals surface area contributed by atoms with Crippen molar-refractivity contribution in [1.29, 1.82) is 0 Å². The Morgan fingerprint density at radius 1 is 0.778 bits per heavy atom. The molecule has 0 saturated carbocycles. The lowest BCUT2D eigenvalue weighted by molar-refractivity contribution is -0.131. The van der Waals surface area contributed by atoms with E-state index in [1.165, 1.54) is 10.4 Å². The van der Waals surface area contributed by atoms with E-state index < -0.39 is 0 Å². The van der Waals surface area contributed by atoms with Crippen molar-refractivity contribution in [2.24, 2.45) is 0 Å². The number of rotatable bonds is 6. The summed E-state index contributed by atoms with van der Waals surface area (Å²) in [7, 11) is 0. The zero-order chi connectivity index (χ0) is 24.9. The number of halogens is 1. The second-order valence-corrected chi connectivity index (χ2v) is 9.56. The first-order valence-corrected chi connectivity index (χ1v) is 12.9. The average Bonchev–Trinajstić information content (AvgIpc) is 2.94. The molecule has 188 valence electrons. The Labute approximate surface area is 216 Å². The van der Waals surface area contributed by atoms with Gasteiger partial charge in [-0.1, -0.05) is 48.0 Å². The average molecular weight is 507 g/mol. The smallest absolute Gasteiger partial charge is 0.292 e. The van der Waals surface area contributed by atoms with Crippen LogP contribution in [0.25, 0.3) is 5.69 Å². The lowest BCUT2D eigenvalue weighted by Gasteiger charge is -2.38. The van der Waals surface area contributed by atoms with Crippen molar-refractivity contribution < 1.29 is 4.79 Å². The molecule has 0 radical (unpaired) electrons. The first-order valence-electron chi connectivity index (χ1n) is 12.5. The maximum Gasteiger partial charge on any atom is 0.292 e. The normalized spacial score (nSPS) is 16.9. The van der Waals surface area contributed by atoms with E-state index >= 15 is 0 Å². The fraction of sp³-hybridized carbons (Fsp3) is 0.370. The molecule has 0 bridgehead atoms. The van der Waals surface area contributed by atoms with Crippen molar-refractivity contribution in [3.8, 4) is 5.69 Å². The summed E-state index contributed by atoms with van der Waals surface area (Å²) < 4.78 is 1.31. The number of benzene rings is 2. The van der Waals surface area contributed by atoms with Crippen LogP contribution in [0.2, 0.25) is 5.02 Å². The Hall–Kier alpha value is -3.36. The number of aromatic nitrogens is 2. The minimum absolute atomic E-state index is 0.156. The molecule has 2 aromatic carbocycles. The Morgan fingerprint density at radius 2 is 1.36 bits per heavy atom. The van der Waals surface area contributed by atoms with Crippen LogP contribution >= 0.6 is 11.6 Å². The molecule has 3 aromatic rings. The third-order valence-electron chi connectivity index (χ3n) is 7.01. The van der Waals surface area contributed by atoms with Crippen molar-refractivity contribution in [2.45, 2.75) is 6.42 Å².